The zero-order chi connectivity index (χ0) is 36.3. The molecule has 12 nitrogen and oxygen atoms in total. The van der Waals surface area contributed by atoms with Crippen LogP contribution in [0.3, 0.4) is 0 Å². The monoisotopic (exact) mass is 692 g/mol. The Labute approximate surface area is 296 Å². The molecule has 0 radical (unpaired) electrons. The van der Waals surface area contributed by atoms with Crippen molar-refractivity contribution in [2.45, 2.75) is 77.1 Å². The van der Waals surface area contributed by atoms with Crippen LogP contribution >= 0.6 is 0 Å². The Kier molecular flexibility index (Phi) is 10.1. The van der Waals surface area contributed by atoms with Crippen molar-refractivity contribution in [1.82, 2.24) is 20.1 Å². The number of ether oxygens (including phenoxy) is 1. The summed E-state index contributed by atoms with van der Waals surface area (Å²) in [5.41, 5.74) is 3.74. The summed E-state index contributed by atoms with van der Waals surface area (Å²) in [4.78, 5) is 71.6. The highest BCUT2D eigenvalue weighted by molar-refractivity contribution is 6.01. The molecule has 0 saturated carbocycles. The molecule has 0 bridgehead atoms. The Morgan fingerprint density at radius 2 is 1.39 bits per heavy atom. The van der Waals surface area contributed by atoms with Crippen LogP contribution < -0.4 is 16.0 Å². The highest BCUT2D eigenvalue weighted by atomic mass is 16.6. The molecule has 266 valence electrons. The molecule has 0 unspecified atom stereocenters. The van der Waals surface area contributed by atoms with Crippen LogP contribution in [0.25, 0.3) is 22.2 Å². The fraction of sp³-hybridized carbons (Fsp3) is 0.359. The summed E-state index contributed by atoms with van der Waals surface area (Å²) in [5, 5.41) is 9.53. The minimum absolute atomic E-state index is 0.0955. The molecular weight excluding hydrogens is 648 g/mol. The van der Waals surface area contributed by atoms with E-state index in [4.69, 9.17) is 4.74 Å². The van der Waals surface area contributed by atoms with Gasteiger partial charge in [-0.15, -0.1) is 0 Å². The molecule has 12 heteroatoms. The van der Waals surface area contributed by atoms with Crippen LogP contribution in [0, 0.1) is 0 Å². The number of hydrogen-bond acceptors (Lipinski definition) is 6. The number of anilines is 2. The van der Waals surface area contributed by atoms with Crippen molar-refractivity contribution in [3.8, 4) is 11.3 Å². The van der Waals surface area contributed by atoms with Gasteiger partial charge in [0, 0.05) is 48.0 Å². The van der Waals surface area contributed by atoms with Gasteiger partial charge in [-0.1, -0.05) is 42.5 Å². The van der Waals surface area contributed by atoms with Crippen molar-refractivity contribution in [2.24, 2.45) is 0 Å². The Balaban J connectivity index is 1.12. The van der Waals surface area contributed by atoms with Crippen LogP contribution in [0.4, 0.5) is 16.2 Å². The summed E-state index contributed by atoms with van der Waals surface area (Å²) >= 11 is 0. The molecule has 0 spiro atoms. The normalized spacial score (nSPS) is 18.0. The van der Waals surface area contributed by atoms with Crippen LogP contribution in [0.1, 0.15) is 65.0 Å². The molecule has 2 aliphatic heterocycles. The van der Waals surface area contributed by atoms with Gasteiger partial charge in [-0.2, -0.15) is 0 Å². The van der Waals surface area contributed by atoms with Crippen molar-refractivity contribution in [1.29, 1.82) is 0 Å². The van der Waals surface area contributed by atoms with Crippen molar-refractivity contribution in [3.05, 3.63) is 84.4 Å². The first kappa shape index (κ1) is 35.2. The van der Waals surface area contributed by atoms with Crippen molar-refractivity contribution in [2.75, 3.05) is 23.7 Å². The van der Waals surface area contributed by atoms with Gasteiger partial charge in [0.2, 0.25) is 17.7 Å². The summed E-state index contributed by atoms with van der Waals surface area (Å²) in [6.45, 7) is 7.73. The lowest BCUT2D eigenvalue weighted by Gasteiger charge is -2.29. The van der Waals surface area contributed by atoms with E-state index in [2.05, 4.69) is 20.9 Å². The maximum absolute atomic E-state index is 13.9. The highest BCUT2D eigenvalue weighted by Crippen LogP contribution is 2.29. The highest BCUT2D eigenvalue weighted by Gasteiger charge is 2.39. The van der Waals surface area contributed by atoms with Gasteiger partial charge < -0.3 is 35.5 Å². The molecule has 3 atom stereocenters. The number of H-pyrrole nitrogens is 1. The lowest BCUT2D eigenvalue weighted by molar-refractivity contribution is -0.138. The quantitative estimate of drug-likeness (QED) is 0.178. The van der Waals surface area contributed by atoms with Gasteiger partial charge in [0.15, 0.2) is 0 Å². The number of aromatic nitrogens is 1. The van der Waals surface area contributed by atoms with E-state index < -0.39 is 29.8 Å². The van der Waals surface area contributed by atoms with Crippen molar-refractivity contribution < 1.29 is 28.7 Å². The zero-order valence-electron chi connectivity index (χ0n) is 29.3. The van der Waals surface area contributed by atoms with Gasteiger partial charge in [-0.3, -0.25) is 19.2 Å². The fourth-order valence-electron chi connectivity index (χ4n) is 6.79. The van der Waals surface area contributed by atoms with Crippen LogP contribution in [-0.4, -0.2) is 75.3 Å². The van der Waals surface area contributed by atoms with E-state index in [9.17, 15) is 24.0 Å². The zero-order valence-corrected chi connectivity index (χ0v) is 29.3. The lowest BCUT2D eigenvalue weighted by Crippen LogP contribution is -2.49. The van der Waals surface area contributed by atoms with Crippen LogP contribution in [0.15, 0.2) is 78.9 Å². The molecule has 2 aliphatic rings. The average molecular weight is 693 g/mol. The second kappa shape index (κ2) is 14.7. The summed E-state index contributed by atoms with van der Waals surface area (Å²) in [6.07, 6.45) is 1.89. The fourth-order valence-corrected chi connectivity index (χ4v) is 6.79. The standard InChI is InChI=1S/C39H44N6O6/c1-24(46)44-20-8-12-32(44)35(47)40-28-16-14-25(15-17-28)31-23-27-22-29(18-19-30(27)42-31)41-36(48)33-13-9-21-45(33)37(49)34(26-10-6-5-7-11-26)43-38(50)51-39(2,3)4/h5-7,10-11,14-19,22-23,32-34,42H,8-9,12-13,20-21H2,1-4H3,(H,40,47)(H,41,48)(H,43,50)/t32-,33-,34+/m0/s1. The van der Waals surface area contributed by atoms with E-state index in [1.807, 2.05) is 54.6 Å². The Morgan fingerprint density at radius 1 is 0.784 bits per heavy atom. The number of benzene rings is 3. The van der Waals surface area contributed by atoms with E-state index in [0.717, 1.165) is 28.6 Å². The number of carbonyl (C=O) groups is 5. The number of carbonyl (C=O) groups excluding carboxylic acids is 5. The molecule has 51 heavy (non-hydrogen) atoms. The maximum Gasteiger partial charge on any atom is 0.408 e. The van der Waals surface area contributed by atoms with Gasteiger partial charge in [0.25, 0.3) is 5.91 Å². The third kappa shape index (κ3) is 8.22. The van der Waals surface area contributed by atoms with Gasteiger partial charge in [-0.25, -0.2) is 4.79 Å². The van der Waals surface area contributed by atoms with E-state index in [-0.39, 0.29) is 23.6 Å². The summed E-state index contributed by atoms with van der Waals surface area (Å²) in [7, 11) is 0. The average Bonchev–Trinajstić information content (AvgIpc) is 3.87. The Hall–Kier alpha value is -5.65. The molecule has 4 aromatic rings. The molecule has 2 fully saturated rings. The smallest absolute Gasteiger partial charge is 0.408 e. The molecule has 5 amide bonds. The SMILES string of the molecule is CC(=O)N1CCC[C@H]1C(=O)Nc1ccc(-c2cc3cc(NC(=O)[C@@H]4CCCN4C(=O)[C@H](NC(=O)OC(C)(C)C)c4ccccc4)ccc3[nH]2)cc1. The minimum atomic E-state index is -1.01. The second-order valence-corrected chi connectivity index (χ2v) is 14.1. The van der Waals surface area contributed by atoms with E-state index in [0.29, 0.717) is 49.3 Å². The number of hydrogen-bond donors (Lipinski definition) is 4. The minimum Gasteiger partial charge on any atom is -0.444 e. The molecule has 6 rings (SSSR count). The topological polar surface area (TPSA) is 153 Å². The van der Waals surface area contributed by atoms with Crippen LogP contribution in [0.2, 0.25) is 0 Å². The van der Waals surface area contributed by atoms with Gasteiger partial charge >= 0.3 is 6.09 Å². The number of likely N-dealkylation sites (tertiary alicyclic amines) is 2. The third-order valence-electron chi connectivity index (χ3n) is 9.19. The summed E-state index contributed by atoms with van der Waals surface area (Å²) < 4.78 is 5.44. The number of fused-ring (bicyclic) bond motifs is 1. The first-order valence-electron chi connectivity index (χ1n) is 17.3. The predicted octanol–water partition coefficient (Wildman–Crippen LogP) is 5.98. The number of aromatic amines is 1. The van der Waals surface area contributed by atoms with Gasteiger partial charge in [0.05, 0.1) is 0 Å². The number of nitrogens with zero attached hydrogens (tertiary/aromatic N) is 2. The van der Waals surface area contributed by atoms with Gasteiger partial charge in [0.1, 0.15) is 23.7 Å². The molecule has 4 N–H and O–H groups in total. The first-order valence-corrected chi connectivity index (χ1v) is 17.3. The second-order valence-electron chi connectivity index (χ2n) is 14.1. The predicted molar refractivity (Wildman–Crippen MR) is 195 cm³/mol. The number of alkyl carbamates (subject to hydrolysis) is 1. The molecule has 1 aromatic heterocycles. The number of rotatable bonds is 8. The summed E-state index contributed by atoms with van der Waals surface area (Å²) in [6, 6.07) is 21.8. The van der Waals surface area contributed by atoms with E-state index in [1.165, 1.54) is 11.8 Å². The van der Waals surface area contributed by atoms with Crippen molar-refractivity contribution >= 4 is 52.0 Å². The largest absolute Gasteiger partial charge is 0.444 e. The van der Waals surface area contributed by atoms with E-state index >= 15 is 0 Å². The van der Waals surface area contributed by atoms with E-state index in [1.54, 1.807) is 49.9 Å². The first-order chi connectivity index (χ1) is 24.4. The molecule has 3 heterocycles. The van der Waals surface area contributed by atoms with Gasteiger partial charge in [-0.05, 0) is 94.0 Å². The Bertz CT molecular complexity index is 1930. The molecule has 2 saturated heterocycles. The third-order valence-corrected chi connectivity index (χ3v) is 9.19. The lowest BCUT2D eigenvalue weighted by atomic mass is 10.0. The van der Waals surface area contributed by atoms with Crippen LogP contribution in [-0.2, 0) is 23.9 Å². The molecular formula is C39H44N6O6. The van der Waals surface area contributed by atoms with Crippen molar-refractivity contribution in [3.63, 3.8) is 0 Å². The molecule has 0 aliphatic carbocycles. The molecule has 3 aromatic carbocycles. The maximum atomic E-state index is 13.9. The summed E-state index contributed by atoms with van der Waals surface area (Å²) in [5.74, 6) is -0.963. The number of amides is 5. The van der Waals surface area contributed by atoms with Crippen LogP contribution in [0.5, 0.6) is 0 Å². The number of nitrogens with one attached hydrogen (secondary N) is 4. The Morgan fingerprint density at radius 3 is 2.04 bits per heavy atom.